The lowest BCUT2D eigenvalue weighted by Crippen LogP contribution is -2.48. The highest BCUT2D eigenvalue weighted by atomic mass is 16.5. The molecule has 1 aliphatic heterocycles. The van der Waals surface area contributed by atoms with Crippen LogP contribution in [0, 0.1) is 6.92 Å². The predicted octanol–water partition coefficient (Wildman–Crippen LogP) is -0.130. The van der Waals surface area contributed by atoms with Gasteiger partial charge in [0.25, 0.3) is 0 Å². The van der Waals surface area contributed by atoms with E-state index >= 15 is 0 Å². The van der Waals surface area contributed by atoms with E-state index in [4.69, 9.17) is 10.3 Å². The van der Waals surface area contributed by atoms with Crippen LogP contribution < -0.4 is 5.73 Å². The van der Waals surface area contributed by atoms with Crippen LogP contribution in [0.2, 0.25) is 0 Å². The van der Waals surface area contributed by atoms with Gasteiger partial charge in [0.1, 0.15) is 0 Å². The molecule has 2 rings (SSSR count). The fraction of sp³-hybridized carbons (Fsp3) is 0.700. The molecular formula is C10H16N4O2. The number of carbonyl (C=O) groups is 1. The average Bonchev–Trinajstić information content (AvgIpc) is 2.67. The lowest BCUT2D eigenvalue weighted by molar-refractivity contribution is -0.134. The van der Waals surface area contributed by atoms with Crippen LogP contribution in [0.1, 0.15) is 24.6 Å². The Labute approximate surface area is 93.8 Å². The fourth-order valence-electron chi connectivity index (χ4n) is 1.87. The topological polar surface area (TPSA) is 85.3 Å². The highest BCUT2D eigenvalue weighted by Gasteiger charge is 2.25. The van der Waals surface area contributed by atoms with Crippen molar-refractivity contribution in [1.29, 1.82) is 0 Å². The van der Waals surface area contributed by atoms with Crippen LogP contribution in [0.5, 0.6) is 0 Å². The predicted molar refractivity (Wildman–Crippen MR) is 56.5 cm³/mol. The molecule has 1 unspecified atom stereocenters. The Morgan fingerprint density at radius 1 is 1.62 bits per heavy atom. The van der Waals surface area contributed by atoms with Gasteiger partial charge in [-0.05, 0) is 12.8 Å². The summed E-state index contributed by atoms with van der Waals surface area (Å²) in [6, 6.07) is -0.333. The number of rotatable bonds is 3. The van der Waals surface area contributed by atoms with Gasteiger partial charge in [0, 0.05) is 26.4 Å². The van der Waals surface area contributed by atoms with Crippen LogP contribution in [0.25, 0.3) is 0 Å². The molecule has 0 saturated carbocycles. The molecule has 0 radical (unpaired) electrons. The van der Waals surface area contributed by atoms with Crippen LogP contribution in [-0.2, 0) is 11.2 Å². The molecule has 1 aliphatic rings. The maximum atomic E-state index is 11.7. The third-order valence-electron chi connectivity index (χ3n) is 2.75. The largest absolute Gasteiger partial charge is 0.341 e. The molecule has 0 aromatic carbocycles. The SMILES string of the molecule is Cc1nc(CCN2CCCC(N)C2=O)no1. The highest BCUT2D eigenvalue weighted by Crippen LogP contribution is 2.10. The first kappa shape index (κ1) is 11.1. The van der Waals surface area contributed by atoms with Crippen molar-refractivity contribution in [3.63, 3.8) is 0 Å². The van der Waals surface area contributed by atoms with Crippen LogP contribution in [0.4, 0.5) is 0 Å². The van der Waals surface area contributed by atoms with E-state index in [9.17, 15) is 4.79 Å². The third kappa shape index (κ3) is 2.38. The quantitative estimate of drug-likeness (QED) is 0.773. The molecule has 1 atom stereocenters. The van der Waals surface area contributed by atoms with E-state index in [2.05, 4.69) is 10.1 Å². The molecule has 16 heavy (non-hydrogen) atoms. The van der Waals surface area contributed by atoms with E-state index in [1.54, 1.807) is 11.8 Å². The monoisotopic (exact) mass is 224 g/mol. The first-order chi connectivity index (χ1) is 7.66. The van der Waals surface area contributed by atoms with Crippen molar-refractivity contribution in [2.24, 2.45) is 5.73 Å². The van der Waals surface area contributed by atoms with E-state index in [1.165, 1.54) is 0 Å². The van der Waals surface area contributed by atoms with Gasteiger partial charge in [-0.2, -0.15) is 4.98 Å². The fourth-order valence-corrected chi connectivity index (χ4v) is 1.87. The number of nitrogens with two attached hydrogens (primary N) is 1. The van der Waals surface area contributed by atoms with E-state index < -0.39 is 0 Å². The van der Waals surface area contributed by atoms with Crippen molar-refractivity contribution >= 4 is 5.91 Å². The van der Waals surface area contributed by atoms with Gasteiger partial charge in [-0.3, -0.25) is 4.79 Å². The molecule has 1 amide bonds. The van der Waals surface area contributed by atoms with Gasteiger partial charge in [-0.15, -0.1) is 0 Å². The zero-order valence-corrected chi connectivity index (χ0v) is 9.35. The number of likely N-dealkylation sites (tertiary alicyclic amines) is 1. The Morgan fingerprint density at radius 2 is 2.44 bits per heavy atom. The summed E-state index contributed by atoms with van der Waals surface area (Å²) in [5.41, 5.74) is 5.70. The Kier molecular flexibility index (Phi) is 3.19. The molecule has 6 nitrogen and oxygen atoms in total. The lowest BCUT2D eigenvalue weighted by Gasteiger charge is -2.30. The standard InChI is InChI=1S/C10H16N4O2/c1-7-12-9(13-16-7)4-6-14-5-2-3-8(11)10(14)15/h8H,2-6,11H2,1H3. The molecule has 1 saturated heterocycles. The smallest absolute Gasteiger partial charge is 0.239 e. The second-order valence-electron chi connectivity index (χ2n) is 4.05. The minimum absolute atomic E-state index is 0.0338. The van der Waals surface area contributed by atoms with Crippen LogP contribution in [0.15, 0.2) is 4.52 Å². The number of nitrogens with zero attached hydrogens (tertiary/aromatic N) is 3. The zero-order valence-electron chi connectivity index (χ0n) is 9.35. The van der Waals surface area contributed by atoms with Crippen molar-refractivity contribution in [3.8, 4) is 0 Å². The number of hydrogen-bond acceptors (Lipinski definition) is 5. The van der Waals surface area contributed by atoms with Crippen LogP contribution >= 0.6 is 0 Å². The molecule has 6 heteroatoms. The summed E-state index contributed by atoms with van der Waals surface area (Å²) >= 11 is 0. The van der Waals surface area contributed by atoms with Crippen molar-refractivity contribution in [1.82, 2.24) is 15.0 Å². The van der Waals surface area contributed by atoms with E-state index in [0.717, 1.165) is 19.4 Å². The molecule has 88 valence electrons. The Balaban J connectivity index is 1.87. The molecule has 1 aromatic rings. The van der Waals surface area contributed by atoms with Gasteiger partial charge in [0.2, 0.25) is 11.8 Å². The van der Waals surface area contributed by atoms with Crippen molar-refractivity contribution < 1.29 is 9.32 Å². The van der Waals surface area contributed by atoms with Crippen molar-refractivity contribution in [3.05, 3.63) is 11.7 Å². The van der Waals surface area contributed by atoms with Crippen molar-refractivity contribution in [2.45, 2.75) is 32.2 Å². The molecule has 0 bridgehead atoms. The van der Waals surface area contributed by atoms with Gasteiger partial charge in [0.05, 0.1) is 6.04 Å². The van der Waals surface area contributed by atoms with E-state index in [1.807, 2.05) is 0 Å². The normalized spacial score (nSPS) is 21.5. The maximum absolute atomic E-state index is 11.7. The number of aromatic nitrogens is 2. The van der Waals surface area contributed by atoms with Gasteiger partial charge in [0.15, 0.2) is 5.82 Å². The molecule has 1 aromatic heterocycles. The average molecular weight is 224 g/mol. The minimum Gasteiger partial charge on any atom is -0.341 e. The summed E-state index contributed by atoms with van der Waals surface area (Å²) < 4.78 is 4.86. The second-order valence-corrected chi connectivity index (χ2v) is 4.05. The summed E-state index contributed by atoms with van der Waals surface area (Å²) in [5, 5.41) is 3.79. The van der Waals surface area contributed by atoms with Crippen molar-refractivity contribution in [2.75, 3.05) is 13.1 Å². The first-order valence-corrected chi connectivity index (χ1v) is 5.50. The van der Waals surface area contributed by atoms with Gasteiger partial charge in [-0.1, -0.05) is 5.16 Å². The zero-order chi connectivity index (χ0) is 11.5. The Hall–Kier alpha value is -1.43. The first-order valence-electron chi connectivity index (χ1n) is 5.50. The number of piperidine rings is 1. The van der Waals surface area contributed by atoms with Gasteiger partial charge >= 0.3 is 0 Å². The number of carbonyl (C=O) groups excluding carboxylic acids is 1. The Bertz CT molecular complexity index is 377. The second kappa shape index (κ2) is 4.61. The highest BCUT2D eigenvalue weighted by molar-refractivity contribution is 5.82. The summed E-state index contributed by atoms with van der Waals surface area (Å²) in [4.78, 5) is 17.6. The summed E-state index contributed by atoms with van der Waals surface area (Å²) in [7, 11) is 0. The van der Waals surface area contributed by atoms with Crippen LogP contribution in [-0.4, -0.2) is 40.1 Å². The number of hydrogen-bond donors (Lipinski definition) is 1. The van der Waals surface area contributed by atoms with E-state index in [0.29, 0.717) is 24.7 Å². The van der Waals surface area contributed by atoms with Gasteiger partial charge in [-0.25, -0.2) is 0 Å². The summed E-state index contributed by atoms with van der Waals surface area (Å²) in [6.45, 7) is 3.15. The molecule has 0 spiro atoms. The Morgan fingerprint density at radius 3 is 3.12 bits per heavy atom. The molecule has 0 aliphatic carbocycles. The molecule has 2 N–H and O–H groups in total. The summed E-state index contributed by atoms with van der Waals surface area (Å²) in [5.74, 6) is 1.23. The number of amides is 1. The van der Waals surface area contributed by atoms with Crippen LogP contribution in [0.3, 0.4) is 0 Å². The van der Waals surface area contributed by atoms with Gasteiger partial charge < -0.3 is 15.2 Å². The third-order valence-corrected chi connectivity index (χ3v) is 2.75. The summed E-state index contributed by atoms with van der Waals surface area (Å²) in [6.07, 6.45) is 2.38. The number of aryl methyl sites for hydroxylation is 1. The minimum atomic E-state index is -0.333. The molecule has 1 fully saturated rings. The molecular weight excluding hydrogens is 208 g/mol. The maximum Gasteiger partial charge on any atom is 0.239 e. The lowest BCUT2D eigenvalue weighted by atomic mass is 10.1. The van der Waals surface area contributed by atoms with E-state index in [-0.39, 0.29) is 11.9 Å². The molecule has 2 heterocycles.